The van der Waals surface area contributed by atoms with E-state index in [1.807, 2.05) is 6.92 Å². The van der Waals surface area contributed by atoms with Gasteiger partial charge in [-0.25, -0.2) is 0 Å². The summed E-state index contributed by atoms with van der Waals surface area (Å²) >= 11 is 0. The van der Waals surface area contributed by atoms with Crippen LogP contribution in [0.4, 0.5) is 0 Å². The first-order valence-electron chi connectivity index (χ1n) is 6.97. The summed E-state index contributed by atoms with van der Waals surface area (Å²) < 4.78 is 10.4. The number of carbonyl (C=O) groups excluding carboxylic acids is 1. The van der Waals surface area contributed by atoms with Crippen LogP contribution in [0.1, 0.15) is 45.4 Å². The quantitative estimate of drug-likeness (QED) is 0.508. The molecule has 0 aromatic rings. The van der Waals surface area contributed by atoms with Crippen LogP contribution >= 0.6 is 0 Å². The van der Waals surface area contributed by atoms with E-state index in [0.717, 1.165) is 32.0 Å². The molecule has 0 radical (unpaired) electrons. The van der Waals surface area contributed by atoms with Crippen molar-refractivity contribution in [1.82, 2.24) is 5.32 Å². The molecule has 0 bridgehead atoms. The maximum Gasteiger partial charge on any atom is 0.325 e. The first kappa shape index (κ1) is 15.4. The van der Waals surface area contributed by atoms with E-state index in [4.69, 9.17) is 9.47 Å². The van der Waals surface area contributed by atoms with Gasteiger partial charge in [-0.15, -0.1) is 0 Å². The molecule has 0 aromatic carbocycles. The number of rotatable bonds is 9. The summed E-state index contributed by atoms with van der Waals surface area (Å²) in [6, 6.07) is 0. The number of hydrogen-bond acceptors (Lipinski definition) is 4. The largest absolute Gasteiger partial charge is 0.468 e. The van der Waals surface area contributed by atoms with Crippen molar-refractivity contribution in [2.75, 3.05) is 27.4 Å². The second kappa shape index (κ2) is 7.74. The van der Waals surface area contributed by atoms with Crippen LogP contribution in [0.2, 0.25) is 0 Å². The van der Waals surface area contributed by atoms with Gasteiger partial charge in [-0.05, 0) is 39.2 Å². The molecule has 0 spiro atoms. The third-order valence-electron chi connectivity index (χ3n) is 4.05. The Labute approximate surface area is 110 Å². The molecule has 1 unspecified atom stereocenters. The Morgan fingerprint density at radius 1 is 1.39 bits per heavy atom. The van der Waals surface area contributed by atoms with E-state index in [-0.39, 0.29) is 5.97 Å². The first-order chi connectivity index (χ1) is 8.62. The van der Waals surface area contributed by atoms with E-state index >= 15 is 0 Å². The summed E-state index contributed by atoms with van der Waals surface area (Å²) in [5.74, 6) is 0.696. The molecular weight excluding hydrogens is 230 g/mol. The zero-order valence-electron chi connectivity index (χ0n) is 12.0. The van der Waals surface area contributed by atoms with Crippen molar-refractivity contribution >= 4 is 5.97 Å². The van der Waals surface area contributed by atoms with Gasteiger partial charge in [0.2, 0.25) is 0 Å². The molecular formula is C14H27NO3. The Hall–Kier alpha value is -0.610. The van der Waals surface area contributed by atoms with Gasteiger partial charge in [0.1, 0.15) is 5.54 Å². The molecule has 1 saturated carbocycles. The highest BCUT2D eigenvalue weighted by molar-refractivity contribution is 5.80. The van der Waals surface area contributed by atoms with Gasteiger partial charge in [-0.3, -0.25) is 4.79 Å². The number of hydrogen-bond donors (Lipinski definition) is 1. The van der Waals surface area contributed by atoms with Crippen molar-refractivity contribution in [3.05, 3.63) is 0 Å². The maximum atomic E-state index is 11.6. The van der Waals surface area contributed by atoms with Crippen molar-refractivity contribution in [2.45, 2.75) is 51.0 Å². The fraction of sp³-hybridized carbons (Fsp3) is 0.929. The van der Waals surface area contributed by atoms with Gasteiger partial charge in [-0.2, -0.15) is 0 Å². The molecule has 4 heteroatoms. The molecule has 4 nitrogen and oxygen atoms in total. The topological polar surface area (TPSA) is 47.6 Å². The summed E-state index contributed by atoms with van der Waals surface area (Å²) in [6.45, 7) is 3.45. The summed E-state index contributed by atoms with van der Waals surface area (Å²) in [5.41, 5.74) is -0.591. The Morgan fingerprint density at radius 3 is 2.61 bits per heavy atom. The molecule has 1 aliphatic rings. The Kier molecular flexibility index (Phi) is 6.65. The van der Waals surface area contributed by atoms with Gasteiger partial charge in [-0.1, -0.05) is 19.3 Å². The normalized spacial score (nSPS) is 19.1. The minimum absolute atomic E-state index is 0.209. The molecule has 0 aromatic heterocycles. The monoisotopic (exact) mass is 257 g/mol. The molecule has 1 rings (SSSR count). The molecule has 1 atom stereocenters. The minimum atomic E-state index is -0.591. The van der Waals surface area contributed by atoms with E-state index < -0.39 is 5.54 Å². The van der Waals surface area contributed by atoms with E-state index in [9.17, 15) is 4.79 Å². The number of nitrogens with one attached hydrogen (secondary N) is 1. The standard InChI is InChI=1S/C14H27NO3/c1-14(15-2,13(16)17-3)9-5-10-18-11-8-12-6-4-7-12/h12,15H,4-11H2,1-3H3. The van der Waals surface area contributed by atoms with E-state index in [1.165, 1.54) is 32.8 Å². The average molecular weight is 257 g/mol. The van der Waals surface area contributed by atoms with Crippen LogP contribution in [0.5, 0.6) is 0 Å². The van der Waals surface area contributed by atoms with Crippen LogP contribution in [0.25, 0.3) is 0 Å². The van der Waals surface area contributed by atoms with Gasteiger partial charge < -0.3 is 14.8 Å². The third kappa shape index (κ3) is 4.58. The minimum Gasteiger partial charge on any atom is -0.468 e. The highest BCUT2D eigenvalue weighted by Crippen LogP contribution is 2.29. The summed E-state index contributed by atoms with van der Waals surface area (Å²) in [4.78, 5) is 11.6. The van der Waals surface area contributed by atoms with Crippen molar-refractivity contribution in [3.8, 4) is 0 Å². The highest BCUT2D eigenvalue weighted by Gasteiger charge is 2.31. The maximum absolute atomic E-state index is 11.6. The Morgan fingerprint density at radius 2 is 2.11 bits per heavy atom. The first-order valence-corrected chi connectivity index (χ1v) is 6.97. The predicted molar refractivity (Wildman–Crippen MR) is 71.5 cm³/mol. The fourth-order valence-electron chi connectivity index (χ4n) is 2.22. The zero-order valence-corrected chi connectivity index (χ0v) is 12.0. The number of carbonyl (C=O) groups is 1. The molecule has 0 aliphatic heterocycles. The van der Waals surface area contributed by atoms with Gasteiger partial charge in [0.15, 0.2) is 0 Å². The molecule has 1 fully saturated rings. The van der Waals surface area contributed by atoms with Crippen molar-refractivity contribution in [1.29, 1.82) is 0 Å². The number of esters is 1. The average Bonchev–Trinajstić information content (AvgIpc) is 2.34. The Balaban J connectivity index is 2.05. The van der Waals surface area contributed by atoms with E-state index in [0.29, 0.717) is 0 Å². The number of likely N-dealkylation sites (N-methyl/N-ethyl adjacent to an activating group) is 1. The van der Waals surface area contributed by atoms with Crippen LogP contribution in [-0.2, 0) is 14.3 Å². The van der Waals surface area contributed by atoms with Crippen LogP contribution in [0.15, 0.2) is 0 Å². The third-order valence-corrected chi connectivity index (χ3v) is 4.05. The van der Waals surface area contributed by atoms with Crippen molar-refractivity contribution in [3.63, 3.8) is 0 Å². The lowest BCUT2D eigenvalue weighted by molar-refractivity contribution is -0.148. The molecule has 1 aliphatic carbocycles. The van der Waals surface area contributed by atoms with Crippen molar-refractivity contribution < 1.29 is 14.3 Å². The molecule has 0 heterocycles. The smallest absolute Gasteiger partial charge is 0.325 e. The summed E-state index contributed by atoms with van der Waals surface area (Å²) in [5, 5.41) is 3.03. The lowest BCUT2D eigenvalue weighted by atomic mass is 9.83. The predicted octanol–water partition coefficient (Wildman–Crippen LogP) is 2.12. The van der Waals surface area contributed by atoms with Crippen LogP contribution in [-0.4, -0.2) is 38.9 Å². The second-order valence-corrected chi connectivity index (χ2v) is 5.38. The number of methoxy groups -OCH3 is 1. The van der Waals surface area contributed by atoms with Crippen molar-refractivity contribution in [2.24, 2.45) is 5.92 Å². The summed E-state index contributed by atoms with van der Waals surface area (Å²) in [7, 11) is 3.21. The summed E-state index contributed by atoms with van der Waals surface area (Å²) in [6.07, 6.45) is 6.95. The highest BCUT2D eigenvalue weighted by atomic mass is 16.5. The van der Waals surface area contributed by atoms with E-state index in [1.54, 1.807) is 7.05 Å². The van der Waals surface area contributed by atoms with Crippen LogP contribution in [0.3, 0.4) is 0 Å². The SMILES string of the molecule is CNC(C)(CCCOCCC1CCC1)C(=O)OC. The number of ether oxygens (including phenoxy) is 2. The molecule has 18 heavy (non-hydrogen) atoms. The molecule has 106 valence electrons. The lowest BCUT2D eigenvalue weighted by Crippen LogP contribution is -2.48. The van der Waals surface area contributed by atoms with Gasteiger partial charge in [0.05, 0.1) is 7.11 Å². The van der Waals surface area contributed by atoms with Crippen LogP contribution < -0.4 is 5.32 Å². The zero-order chi connectivity index (χ0) is 13.4. The van der Waals surface area contributed by atoms with Gasteiger partial charge in [0.25, 0.3) is 0 Å². The van der Waals surface area contributed by atoms with Crippen LogP contribution in [0, 0.1) is 5.92 Å². The Bertz CT molecular complexity index is 253. The second-order valence-electron chi connectivity index (χ2n) is 5.38. The van der Waals surface area contributed by atoms with E-state index in [2.05, 4.69) is 5.32 Å². The van der Waals surface area contributed by atoms with Gasteiger partial charge >= 0.3 is 5.97 Å². The van der Waals surface area contributed by atoms with Gasteiger partial charge in [0, 0.05) is 13.2 Å². The fourth-order valence-corrected chi connectivity index (χ4v) is 2.22. The molecule has 0 amide bonds. The molecule has 1 N–H and O–H groups in total. The molecule has 0 saturated heterocycles. The lowest BCUT2D eigenvalue weighted by Gasteiger charge is -2.26.